The van der Waals surface area contributed by atoms with Crippen LogP contribution in [0.15, 0.2) is 65.7 Å². The highest BCUT2D eigenvalue weighted by atomic mass is 35.5. The van der Waals surface area contributed by atoms with Crippen molar-refractivity contribution in [3.63, 3.8) is 0 Å². The van der Waals surface area contributed by atoms with Gasteiger partial charge < -0.3 is 10.1 Å². The average molecular weight is 438 g/mol. The lowest BCUT2D eigenvalue weighted by atomic mass is 10.2. The smallest absolute Gasteiger partial charge is 0.274 e. The lowest BCUT2D eigenvalue weighted by Crippen LogP contribution is -2.23. The maximum absolute atomic E-state index is 12.5. The molecule has 0 aliphatic rings. The summed E-state index contributed by atoms with van der Waals surface area (Å²) in [5.74, 6) is 0.571. The molecule has 0 aliphatic heterocycles. The van der Waals surface area contributed by atoms with E-state index in [0.717, 1.165) is 0 Å². The molecule has 0 radical (unpaired) electrons. The Bertz CT molecular complexity index is 1310. The molecule has 4 rings (SSSR count). The van der Waals surface area contributed by atoms with Gasteiger partial charge in [-0.1, -0.05) is 23.7 Å². The van der Waals surface area contributed by atoms with Crippen molar-refractivity contribution in [1.82, 2.24) is 19.2 Å². The normalized spacial score (nSPS) is 11.1. The number of aromatic nitrogens is 4. The number of benzene rings is 2. The van der Waals surface area contributed by atoms with Gasteiger partial charge in [-0.2, -0.15) is 9.50 Å². The zero-order chi connectivity index (χ0) is 22.0. The highest BCUT2D eigenvalue weighted by Gasteiger charge is 2.11. The van der Waals surface area contributed by atoms with Gasteiger partial charge in [0.2, 0.25) is 0 Å². The maximum atomic E-state index is 12.5. The predicted molar refractivity (Wildman–Crippen MR) is 118 cm³/mol. The molecule has 1 amide bonds. The third-order valence-electron chi connectivity index (χ3n) is 4.55. The second-order valence-electron chi connectivity index (χ2n) is 7.20. The molecule has 0 atom stereocenters. The molecular weight excluding hydrogens is 418 g/mol. The Balaban J connectivity index is 1.47. The lowest BCUT2D eigenvalue weighted by molar-refractivity contribution is 0.102. The van der Waals surface area contributed by atoms with Crippen molar-refractivity contribution in [2.24, 2.45) is 0 Å². The van der Waals surface area contributed by atoms with E-state index in [1.54, 1.807) is 59.5 Å². The minimum atomic E-state index is -0.277. The number of nitrogens with zero attached hydrogens (tertiary/aromatic N) is 4. The summed E-state index contributed by atoms with van der Waals surface area (Å²) in [4.78, 5) is 33.5. The molecule has 0 saturated carbocycles. The predicted octanol–water partition coefficient (Wildman–Crippen LogP) is 3.96. The fourth-order valence-electron chi connectivity index (χ4n) is 3.07. The van der Waals surface area contributed by atoms with E-state index in [2.05, 4.69) is 15.3 Å². The molecule has 1 N–H and O–H groups in total. The van der Waals surface area contributed by atoms with Crippen LogP contribution in [0.5, 0.6) is 5.75 Å². The monoisotopic (exact) mass is 437 g/mol. The molecule has 8 nitrogen and oxygen atoms in total. The first-order valence-electron chi connectivity index (χ1n) is 9.66. The van der Waals surface area contributed by atoms with E-state index >= 15 is 0 Å². The Morgan fingerprint density at radius 1 is 1.16 bits per heavy atom. The van der Waals surface area contributed by atoms with E-state index in [-0.39, 0.29) is 24.1 Å². The van der Waals surface area contributed by atoms with Crippen molar-refractivity contribution in [2.45, 2.75) is 26.5 Å². The molecule has 0 unspecified atom stereocenters. The Labute approximate surface area is 183 Å². The first-order chi connectivity index (χ1) is 14.9. The number of halogens is 1. The summed E-state index contributed by atoms with van der Waals surface area (Å²) in [6, 6.07) is 15.2. The van der Waals surface area contributed by atoms with Gasteiger partial charge in [0.05, 0.1) is 5.69 Å². The van der Waals surface area contributed by atoms with E-state index in [1.165, 1.54) is 10.6 Å². The largest absolute Gasteiger partial charge is 0.487 e. The molecule has 31 heavy (non-hydrogen) atoms. The Morgan fingerprint density at radius 3 is 2.74 bits per heavy atom. The summed E-state index contributed by atoms with van der Waals surface area (Å²) in [5, 5.41) is 3.30. The van der Waals surface area contributed by atoms with Crippen molar-refractivity contribution < 1.29 is 9.53 Å². The number of hydrogen-bond donors (Lipinski definition) is 1. The minimum absolute atomic E-state index is 0.0801. The molecule has 0 spiro atoms. The Morgan fingerprint density at radius 2 is 1.97 bits per heavy atom. The molecule has 158 valence electrons. The number of carbonyl (C=O) groups excluding carboxylic acids is 1. The van der Waals surface area contributed by atoms with E-state index < -0.39 is 0 Å². The standard InChI is InChI=1S/C22H20ClN5O3/c1-14(2)27-13-24-22-26-18(11-20(29)28(22)27)12-31-19-8-4-7-17(10-19)25-21(30)15-5-3-6-16(23)9-15/h3-11,13-14H,12H2,1-2H3,(H,25,30). The van der Waals surface area contributed by atoms with Gasteiger partial charge in [0.25, 0.3) is 17.2 Å². The van der Waals surface area contributed by atoms with Crippen molar-refractivity contribution in [3.05, 3.63) is 87.6 Å². The summed E-state index contributed by atoms with van der Waals surface area (Å²) in [6.45, 7) is 4.01. The second-order valence-corrected chi connectivity index (χ2v) is 7.63. The number of hydrogen-bond acceptors (Lipinski definition) is 5. The van der Waals surface area contributed by atoms with Crippen molar-refractivity contribution in [3.8, 4) is 5.75 Å². The number of amides is 1. The Kier molecular flexibility index (Phi) is 5.73. The van der Waals surface area contributed by atoms with Gasteiger partial charge in [0.15, 0.2) is 0 Å². The number of ether oxygens (including phenoxy) is 1. The van der Waals surface area contributed by atoms with Crippen LogP contribution in [0.2, 0.25) is 5.02 Å². The highest BCUT2D eigenvalue weighted by molar-refractivity contribution is 6.31. The van der Waals surface area contributed by atoms with Crippen LogP contribution in [-0.4, -0.2) is 25.1 Å². The summed E-state index contributed by atoms with van der Waals surface area (Å²) in [7, 11) is 0. The number of carbonyl (C=O) groups is 1. The molecular formula is C22H20ClN5O3. The van der Waals surface area contributed by atoms with E-state index in [0.29, 0.717) is 33.5 Å². The van der Waals surface area contributed by atoms with Crippen LogP contribution >= 0.6 is 11.6 Å². The number of anilines is 1. The summed E-state index contributed by atoms with van der Waals surface area (Å²) < 4.78 is 8.93. The van der Waals surface area contributed by atoms with Crippen LogP contribution in [0.4, 0.5) is 5.69 Å². The highest BCUT2D eigenvalue weighted by Crippen LogP contribution is 2.20. The van der Waals surface area contributed by atoms with Crippen LogP contribution in [0.1, 0.15) is 35.9 Å². The summed E-state index contributed by atoms with van der Waals surface area (Å²) >= 11 is 5.95. The van der Waals surface area contributed by atoms with Gasteiger partial charge in [-0.05, 0) is 44.2 Å². The van der Waals surface area contributed by atoms with Crippen molar-refractivity contribution in [1.29, 1.82) is 0 Å². The molecule has 0 aliphatic carbocycles. The molecule has 0 saturated heterocycles. The SMILES string of the molecule is CC(C)n1cnc2nc(COc3cccc(NC(=O)c4cccc(Cl)c4)c3)cc(=O)n21. The van der Waals surface area contributed by atoms with Gasteiger partial charge in [-0.15, -0.1) is 0 Å². The van der Waals surface area contributed by atoms with Gasteiger partial charge in [-0.3, -0.25) is 14.3 Å². The maximum Gasteiger partial charge on any atom is 0.274 e. The fourth-order valence-corrected chi connectivity index (χ4v) is 3.26. The number of rotatable bonds is 6. The quantitative estimate of drug-likeness (QED) is 0.493. The molecule has 2 aromatic heterocycles. The molecule has 2 heterocycles. The summed E-state index contributed by atoms with van der Waals surface area (Å²) in [6.07, 6.45) is 1.59. The fraction of sp³-hybridized carbons (Fsp3) is 0.182. The average Bonchev–Trinajstić information content (AvgIpc) is 3.17. The van der Waals surface area contributed by atoms with E-state index in [4.69, 9.17) is 16.3 Å². The van der Waals surface area contributed by atoms with Gasteiger partial charge >= 0.3 is 0 Å². The van der Waals surface area contributed by atoms with E-state index in [1.807, 2.05) is 13.8 Å². The number of fused-ring (bicyclic) bond motifs is 1. The van der Waals surface area contributed by atoms with Crippen LogP contribution in [0.25, 0.3) is 5.78 Å². The Hall–Kier alpha value is -3.65. The minimum Gasteiger partial charge on any atom is -0.487 e. The van der Waals surface area contributed by atoms with Crippen molar-refractivity contribution >= 4 is 29.0 Å². The van der Waals surface area contributed by atoms with Crippen LogP contribution in [-0.2, 0) is 6.61 Å². The first kappa shape index (κ1) is 20.6. The lowest BCUT2D eigenvalue weighted by Gasteiger charge is -2.10. The van der Waals surface area contributed by atoms with Crippen LogP contribution in [0.3, 0.4) is 0 Å². The molecule has 2 aromatic carbocycles. The zero-order valence-electron chi connectivity index (χ0n) is 16.9. The molecule has 0 fully saturated rings. The number of nitrogens with one attached hydrogen (secondary N) is 1. The zero-order valence-corrected chi connectivity index (χ0v) is 17.7. The molecule has 4 aromatic rings. The summed E-state index contributed by atoms with van der Waals surface area (Å²) in [5.41, 5.74) is 1.27. The first-order valence-corrected chi connectivity index (χ1v) is 10.0. The second kappa shape index (κ2) is 8.61. The van der Waals surface area contributed by atoms with Gasteiger partial charge in [0, 0.05) is 34.4 Å². The van der Waals surface area contributed by atoms with Crippen molar-refractivity contribution in [2.75, 3.05) is 5.32 Å². The van der Waals surface area contributed by atoms with Crippen LogP contribution < -0.4 is 15.6 Å². The third kappa shape index (κ3) is 4.59. The van der Waals surface area contributed by atoms with Gasteiger partial charge in [-0.25, -0.2) is 4.98 Å². The molecule has 0 bridgehead atoms. The topological polar surface area (TPSA) is 90.5 Å². The third-order valence-corrected chi connectivity index (χ3v) is 4.78. The van der Waals surface area contributed by atoms with E-state index in [9.17, 15) is 9.59 Å². The van der Waals surface area contributed by atoms with Gasteiger partial charge in [0.1, 0.15) is 18.7 Å². The van der Waals surface area contributed by atoms with Crippen LogP contribution in [0, 0.1) is 0 Å². The molecule has 9 heteroatoms.